The van der Waals surface area contributed by atoms with Crippen LogP contribution in [0.5, 0.6) is 0 Å². The van der Waals surface area contributed by atoms with Crippen molar-refractivity contribution in [3.63, 3.8) is 0 Å². The number of fused-ring (bicyclic) bond motifs is 1. The molecule has 2 nitrogen and oxygen atoms in total. The lowest BCUT2D eigenvalue weighted by Crippen LogP contribution is -1.74. The van der Waals surface area contributed by atoms with Crippen LogP contribution >= 0.6 is 38.5 Å². The highest BCUT2D eigenvalue weighted by molar-refractivity contribution is 14.1. The van der Waals surface area contributed by atoms with Gasteiger partial charge in [0.05, 0.1) is 3.70 Å². The summed E-state index contributed by atoms with van der Waals surface area (Å²) in [5.74, 6) is 0. The third-order valence-corrected chi connectivity index (χ3v) is 2.72. The zero-order valence-electron chi connectivity index (χ0n) is 5.44. The fourth-order valence-corrected chi connectivity index (χ4v) is 1.95. The summed E-state index contributed by atoms with van der Waals surface area (Å²) in [6, 6.07) is 4.00. The van der Waals surface area contributed by atoms with E-state index >= 15 is 0 Å². The summed E-state index contributed by atoms with van der Waals surface area (Å²) in [5.41, 5.74) is 0.934. The molecule has 2 heterocycles. The zero-order valence-corrected chi connectivity index (χ0v) is 9.18. The number of halogens is 2. The molecule has 0 spiro atoms. The van der Waals surface area contributed by atoms with Crippen molar-refractivity contribution >= 4 is 49.6 Å². The number of H-pyrrole nitrogens is 1. The molecule has 0 aromatic carbocycles. The molecule has 0 aliphatic rings. The van der Waals surface area contributed by atoms with Gasteiger partial charge in [-0.15, -0.1) is 0 Å². The molecule has 2 rings (SSSR count). The van der Waals surface area contributed by atoms with Crippen LogP contribution in [0.4, 0.5) is 0 Å². The van der Waals surface area contributed by atoms with Crippen molar-refractivity contribution in [2.24, 2.45) is 0 Å². The van der Waals surface area contributed by atoms with Crippen molar-refractivity contribution < 1.29 is 0 Å². The van der Waals surface area contributed by atoms with Crippen LogP contribution in [0.15, 0.2) is 22.8 Å². The number of nitrogens with zero attached hydrogens (tertiary/aromatic N) is 1. The highest BCUT2D eigenvalue weighted by Crippen LogP contribution is 2.22. The summed E-state index contributed by atoms with van der Waals surface area (Å²) in [4.78, 5) is 7.32. The molecule has 1 N–H and O–H groups in total. The van der Waals surface area contributed by atoms with E-state index < -0.39 is 0 Å². The molecule has 0 bridgehead atoms. The number of pyridine rings is 1. The minimum atomic E-state index is 0.934. The number of hydrogen-bond donors (Lipinski definition) is 1. The Morgan fingerprint density at radius 3 is 3.09 bits per heavy atom. The summed E-state index contributed by atoms with van der Waals surface area (Å²) in [6.07, 6.45) is 1.78. The van der Waals surface area contributed by atoms with Gasteiger partial charge >= 0.3 is 0 Å². The van der Waals surface area contributed by atoms with Gasteiger partial charge in [0.2, 0.25) is 0 Å². The molecule has 0 saturated heterocycles. The first-order valence-electron chi connectivity index (χ1n) is 3.06. The molecule has 0 atom stereocenters. The molecule has 0 fully saturated rings. The zero-order chi connectivity index (χ0) is 7.84. The number of aromatic amines is 1. The van der Waals surface area contributed by atoms with Gasteiger partial charge in [0.25, 0.3) is 0 Å². The maximum absolute atomic E-state index is 4.17. The molecule has 0 aliphatic carbocycles. The molecule has 2 aromatic rings. The van der Waals surface area contributed by atoms with Gasteiger partial charge in [0, 0.05) is 16.1 Å². The molecular formula is C7H4BrIN2. The van der Waals surface area contributed by atoms with Crippen LogP contribution < -0.4 is 0 Å². The van der Waals surface area contributed by atoms with E-state index in [1.807, 2.05) is 6.07 Å². The van der Waals surface area contributed by atoms with Gasteiger partial charge in [-0.2, -0.15) is 0 Å². The Morgan fingerprint density at radius 1 is 1.55 bits per heavy atom. The molecular weight excluding hydrogens is 319 g/mol. The molecule has 0 amide bonds. The fourth-order valence-electron chi connectivity index (χ4n) is 0.963. The van der Waals surface area contributed by atoms with Crippen molar-refractivity contribution in [1.29, 1.82) is 0 Å². The molecule has 56 valence electrons. The normalized spacial score (nSPS) is 10.7. The highest BCUT2D eigenvalue weighted by atomic mass is 127. The third-order valence-electron chi connectivity index (χ3n) is 1.45. The molecule has 0 saturated carbocycles. The Bertz CT molecular complexity index is 396. The molecule has 0 aliphatic heterocycles. The SMILES string of the molecule is Brc1ccnc2[nH]c(I)cc12. The van der Waals surface area contributed by atoms with E-state index in [1.165, 1.54) is 0 Å². The first kappa shape index (κ1) is 7.54. The van der Waals surface area contributed by atoms with Crippen LogP contribution in [0.3, 0.4) is 0 Å². The second kappa shape index (κ2) is 2.75. The van der Waals surface area contributed by atoms with Gasteiger partial charge in [-0.1, -0.05) is 0 Å². The Balaban J connectivity index is 2.90. The second-order valence-corrected chi connectivity index (χ2v) is 4.19. The van der Waals surface area contributed by atoms with E-state index in [4.69, 9.17) is 0 Å². The molecule has 4 heteroatoms. The Kier molecular flexibility index (Phi) is 1.88. The lowest BCUT2D eigenvalue weighted by atomic mass is 10.3. The summed E-state index contributed by atoms with van der Waals surface area (Å²) >= 11 is 5.68. The van der Waals surface area contributed by atoms with Crippen molar-refractivity contribution in [2.45, 2.75) is 0 Å². The lowest BCUT2D eigenvalue weighted by Gasteiger charge is -1.89. The smallest absolute Gasteiger partial charge is 0.139 e. The Hall–Kier alpha value is -0.100. The van der Waals surface area contributed by atoms with E-state index in [0.717, 1.165) is 19.2 Å². The Labute approximate surface area is 85.7 Å². The standard InChI is InChI=1S/C7H4BrIN2/c8-5-1-2-10-7-4(5)3-6(9)11-7/h1-3H,(H,10,11). The third kappa shape index (κ3) is 1.29. The average Bonchev–Trinajstić information content (AvgIpc) is 2.31. The quantitative estimate of drug-likeness (QED) is 0.742. The summed E-state index contributed by atoms with van der Waals surface area (Å²) in [5, 5.41) is 1.14. The van der Waals surface area contributed by atoms with Crippen molar-refractivity contribution in [3.05, 3.63) is 26.5 Å². The first-order valence-corrected chi connectivity index (χ1v) is 4.93. The average molecular weight is 323 g/mol. The van der Waals surface area contributed by atoms with Crippen LogP contribution in [0.2, 0.25) is 0 Å². The van der Waals surface area contributed by atoms with E-state index in [-0.39, 0.29) is 0 Å². The van der Waals surface area contributed by atoms with E-state index in [9.17, 15) is 0 Å². The van der Waals surface area contributed by atoms with Gasteiger partial charge in [-0.05, 0) is 50.7 Å². The minimum Gasteiger partial charge on any atom is -0.335 e. The van der Waals surface area contributed by atoms with Crippen LogP contribution in [-0.4, -0.2) is 9.97 Å². The number of hydrogen-bond acceptors (Lipinski definition) is 1. The molecule has 11 heavy (non-hydrogen) atoms. The molecule has 0 radical (unpaired) electrons. The molecule has 0 unspecified atom stereocenters. The number of nitrogens with one attached hydrogen (secondary N) is 1. The van der Waals surface area contributed by atoms with Gasteiger partial charge in [-0.25, -0.2) is 4.98 Å². The van der Waals surface area contributed by atoms with Crippen LogP contribution in [0, 0.1) is 3.70 Å². The summed E-state index contributed by atoms with van der Waals surface area (Å²) < 4.78 is 2.19. The number of aromatic nitrogens is 2. The predicted molar refractivity (Wildman–Crippen MR) is 56.5 cm³/mol. The highest BCUT2D eigenvalue weighted by Gasteiger charge is 2.01. The van der Waals surface area contributed by atoms with Crippen molar-refractivity contribution in [3.8, 4) is 0 Å². The summed E-state index contributed by atoms with van der Waals surface area (Å²) in [7, 11) is 0. The predicted octanol–water partition coefficient (Wildman–Crippen LogP) is 2.93. The summed E-state index contributed by atoms with van der Waals surface area (Å²) in [6.45, 7) is 0. The largest absolute Gasteiger partial charge is 0.335 e. The topological polar surface area (TPSA) is 28.7 Å². The van der Waals surface area contributed by atoms with Crippen LogP contribution in [-0.2, 0) is 0 Å². The van der Waals surface area contributed by atoms with Crippen LogP contribution in [0.25, 0.3) is 11.0 Å². The van der Waals surface area contributed by atoms with Gasteiger partial charge < -0.3 is 4.98 Å². The fraction of sp³-hybridized carbons (Fsp3) is 0. The maximum atomic E-state index is 4.17. The van der Waals surface area contributed by atoms with Gasteiger partial charge in [-0.3, -0.25) is 0 Å². The molecule has 2 aromatic heterocycles. The maximum Gasteiger partial charge on any atom is 0.139 e. The monoisotopic (exact) mass is 322 g/mol. The van der Waals surface area contributed by atoms with E-state index in [0.29, 0.717) is 0 Å². The first-order chi connectivity index (χ1) is 5.27. The van der Waals surface area contributed by atoms with Gasteiger partial charge in [0.1, 0.15) is 5.65 Å². The number of rotatable bonds is 0. The van der Waals surface area contributed by atoms with Crippen molar-refractivity contribution in [2.75, 3.05) is 0 Å². The van der Waals surface area contributed by atoms with E-state index in [2.05, 4.69) is 54.6 Å². The van der Waals surface area contributed by atoms with Crippen molar-refractivity contribution in [1.82, 2.24) is 9.97 Å². The minimum absolute atomic E-state index is 0.934. The Morgan fingerprint density at radius 2 is 2.36 bits per heavy atom. The van der Waals surface area contributed by atoms with Crippen LogP contribution in [0.1, 0.15) is 0 Å². The lowest BCUT2D eigenvalue weighted by molar-refractivity contribution is 1.30. The van der Waals surface area contributed by atoms with E-state index in [1.54, 1.807) is 6.20 Å². The second-order valence-electron chi connectivity index (χ2n) is 2.17. The van der Waals surface area contributed by atoms with Gasteiger partial charge in [0.15, 0.2) is 0 Å².